The van der Waals surface area contributed by atoms with Gasteiger partial charge in [-0.05, 0) is 43.0 Å². The quantitative estimate of drug-likeness (QED) is 0.165. The van der Waals surface area contributed by atoms with Crippen LogP contribution in [0.3, 0.4) is 0 Å². The fraction of sp³-hybridized carbons (Fsp3) is 0.393. The van der Waals surface area contributed by atoms with Gasteiger partial charge in [-0.3, -0.25) is 33.8 Å². The topological polar surface area (TPSA) is 217 Å². The second-order valence-electron chi connectivity index (χ2n) is 10.3. The number of amides is 5. The molecule has 2 aromatic rings. The van der Waals surface area contributed by atoms with Crippen molar-refractivity contribution >= 4 is 37.4 Å². The molecule has 1 saturated heterocycles. The Kier molecular flexibility index (Phi) is 11.4. The third kappa shape index (κ3) is 10.2. The summed E-state index contributed by atoms with van der Waals surface area (Å²) in [5.74, 6) is -2.96. The Morgan fingerprint density at radius 3 is 2.14 bits per heavy atom. The third-order valence-corrected chi connectivity index (χ3v) is 7.24. The lowest BCUT2D eigenvalue weighted by Gasteiger charge is -2.29. The van der Waals surface area contributed by atoms with Gasteiger partial charge in [-0.25, -0.2) is 4.57 Å². The first-order valence-corrected chi connectivity index (χ1v) is 15.1. The van der Waals surface area contributed by atoms with Gasteiger partial charge < -0.3 is 31.1 Å². The van der Waals surface area contributed by atoms with Gasteiger partial charge >= 0.3 is 7.82 Å². The van der Waals surface area contributed by atoms with E-state index >= 15 is 0 Å². The van der Waals surface area contributed by atoms with E-state index < -0.39 is 61.5 Å². The second-order valence-corrected chi connectivity index (χ2v) is 11.4. The van der Waals surface area contributed by atoms with E-state index in [9.17, 15) is 28.5 Å². The van der Waals surface area contributed by atoms with Crippen LogP contribution < -0.4 is 26.2 Å². The highest BCUT2D eigenvalue weighted by Gasteiger charge is 2.38. The monoisotopic (exact) mass is 617 g/mol. The Bertz CT molecular complexity index is 1370. The Labute approximate surface area is 248 Å². The average Bonchev–Trinajstić information content (AvgIpc) is 3.42. The fourth-order valence-electron chi connectivity index (χ4n) is 4.78. The predicted molar refractivity (Wildman–Crippen MR) is 154 cm³/mol. The van der Waals surface area contributed by atoms with Crippen molar-refractivity contribution in [1.29, 1.82) is 0 Å². The molecule has 2 aromatic carbocycles. The number of nitrogens with two attached hydrogens (primary N) is 1. The zero-order chi connectivity index (χ0) is 31.7. The molecule has 14 nitrogen and oxygen atoms in total. The average molecular weight is 618 g/mol. The Balaban J connectivity index is 1.63. The van der Waals surface area contributed by atoms with Crippen molar-refractivity contribution in [1.82, 2.24) is 20.9 Å². The molecule has 1 fully saturated rings. The number of carbonyl (C=O) groups is 5. The summed E-state index contributed by atoms with van der Waals surface area (Å²) in [5.41, 5.74) is 6.88. The number of nitrogens with zero attached hydrogens (tertiary/aromatic N) is 1. The first-order chi connectivity index (χ1) is 20.2. The smallest absolute Gasteiger partial charge is 0.404 e. The Hall–Kier alpha value is -4.26. The molecule has 232 valence electrons. The van der Waals surface area contributed by atoms with Gasteiger partial charge in [0.15, 0.2) is 0 Å². The number of hydrogen-bond acceptors (Lipinski definition) is 7. The van der Waals surface area contributed by atoms with Crippen LogP contribution in [-0.2, 0) is 41.4 Å². The minimum atomic E-state index is -4.74. The highest BCUT2D eigenvalue weighted by Crippen LogP contribution is 2.37. The minimum Gasteiger partial charge on any atom is -0.404 e. The predicted octanol–water partition coefficient (Wildman–Crippen LogP) is -0.0862. The van der Waals surface area contributed by atoms with E-state index in [-0.39, 0.29) is 25.1 Å². The van der Waals surface area contributed by atoms with Gasteiger partial charge in [0.25, 0.3) is 0 Å². The molecule has 0 spiro atoms. The molecule has 0 unspecified atom stereocenters. The first-order valence-electron chi connectivity index (χ1n) is 13.6. The van der Waals surface area contributed by atoms with Crippen molar-refractivity contribution < 1.29 is 42.8 Å². The normalized spacial score (nSPS) is 16.8. The van der Waals surface area contributed by atoms with Crippen molar-refractivity contribution in [2.24, 2.45) is 5.73 Å². The van der Waals surface area contributed by atoms with Crippen molar-refractivity contribution in [3.05, 3.63) is 65.7 Å². The number of phosphoric acid groups is 1. The summed E-state index contributed by atoms with van der Waals surface area (Å²) in [6, 6.07) is 10.7. The summed E-state index contributed by atoms with van der Waals surface area (Å²) in [7, 11) is -4.74. The number of primary amides is 1. The van der Waals surface area contributed by atoms with E-state index in [1.165, 1.54) is 43.0 Å². The largest absolute Gasteiger partial charge is 0.524 e. The lowest BCUT2D eigenvalue weighted by Crippen LogP contribution is -2.57. The van der Waals surface area contributed by atoms with E-state index in [0.717, 1.165) is 5.56 Å². The molecule has 0 saturated carbocycles. The van der Waals surface area contributed by atoms with Crippen molar-refractivity contribution in [2.75, 3.05) is 6.54 Å². The molecule has 4 atom stereocenters. The van der Waals surface area contributed by atoms with Gasteiger partial charge in [0.1, 0.15) is 29.9 Å². The van der Waals surface area contributed by atoms with Crippen LogP contribution in [0.25, 0.3) is 0 Å². The van der Waals surface area contributed by atoms with Crippen LogP contribution in [0.4, 0.5) is 0 Å². The van der Waals surface area contributed by atoms with Crippen molar-refractivity contribution in [3.8, 4) is 5.75 Å². The fourth-order valence-corrected chi connectivity index (χ4v) is 5.18. The molecular formula is C28H36N5O9P. The Morgan fingerprint density at radius 2 is 1.56 bits per heavy atom. The summed E-state index contributed by atoms with van der Waals surface area (Å²) in [5, 5.41) is 7.79. The van der Waals surface area contributed by atoms with E-state index in [4.69, 9.17) is 15.5 Å². The van der Waals surface area contributed by atoms with E-state index in [2.05, 4.69) is 20.5 Å². The number of rotatable bonds is 13. The van der Waals surface area contributed by atoms with Crippen LogP contribution in [0.15, 0.2) is 54.6 Å². The molecule has 7 N–H and O–H groups in total. The number of nitrogens with one attached hydrogen (secondary N) is 3. The number of benzene rings is 2. The van der Waals surface area contributed by atoms with Gasteiger partial charge in [0.2, 0.25) is 29.5 Å². The number of likely N-dealkylation sites (tertiary alicyclic amines) is 1. The minimum absolute atomic E-state index is 0.00712. The number of phosphoric ester groups is 1. The maximum atomic E-state index is 13.3. The van der Waals surface area contributed by atoms with Crippen LogP contribution in [0.1, 0.15) is 37.8 Å². The standard InChI is InChI=1S/C28H36N5O9P/c1-17(30-26(36)23(31-18(2)34)16-20-10-12-21(13-11-20)42-43(39,40)41)28(38)33-14-6-9-24(33)27(37)32-22(25(29)35)15-19-7-4-3-5-8-19/h3-5,7-8,10-13,17,22-24H,6,9,14-16H2,1-2H3,(H2,29,35)(H,30,36)(H,31,34)(H,32,37)(H2,39,40,41)/t17-,22-,23-,24-/m0/s1. The van der Waals surface area contributed by atoms with Gasteiger partial charge in [0.05, 0.1) is 0 Å². The van der Waals surface area contributed by atoms with E-state index in [0.29, 0.717) is 18.4 Å². The van der Waals surface area contributed by atoms with Crippen LogP contribution in [-0.4, -0.2) is 74.9 Å². The molecule has 15 heteroatoms. The summed E-state index contributed by atoms with van der Waals surface area (Å²) in [6.45, 7) is 2.97. The van der Waals surface area contributed by atoms with Crippen LogP contribution >= 0.6 is 7.82 Å². The van der Waals surface area contributed by atoms with E-state index in [1.807, 2.05) is 18.2 Å². The van der Waals surface area contributed by atoms with Gasteiger partial charge in [-0.2, -0.15) is 0 Å². The maximum absolute atomic E-state index is 13.3. The summed E-state index contributed by atoms with van der Waals surface area (Å²) in [6.07, 6.45) is 1.11. The van der Waals surface area contributed by atoms with Crippen LogP contribution in [0.2, 0.25) is 0 Å². The number of carbonyl (C=O) groups excluding carboxylic acids is 5. The molecule has 0 radical (unpaired) electrons. The lowest BCUT2D eigenvalue weighted by molar-refractivity contribution is -0.142. The summed E-state index contributed by atoms with van der Waals surface area (Å²) in [4.78, 5) is 82.7. The van der Waals surface area contributed by atoms with Gasteiger partial charge in [-0.15, -0.1) is 0 Å². The molecule has 0 bridgehead atoms. The van der Waals surface area contributed by atoms with Crippen LogP contribution in [0, 0.1) is 0 Å². The molecule has 0 aromatic heterocycles. The zero-order valence-corrected chi connectivity index (χ0v) is 24.7. The molecule has 5 amide bonds. The molecule has 3 rings (SSSR count). The van der Waals surface area contributed by atoms with Gasteiger partial charge in [-0.1, -0.05) is 42.5 Å². The first kappa shape index (κ1) is 33.2. The summed E-state index contributed by atoms with van der Waals surface area (Å²) < 4.78 is 15.5. The lowest BCUT2D eigenvalue weighted by atomic mass is 10.0. The van der Waals surface area contributed by atoms with Crippen molar-refractivity contribution in [2.45, 2.75) is 63.7 Å². The number of hydrogen-bond donors (Lipinski definition) is 6. The van der Waals surface area contributed by atoms with Crippen LogP contribution in [0.5, 0.6) is 5.75 Å². The molecule has 1 heterocycles. The molecule has 43 heavy (non-hydrogen) atoms. The Morgan fingerprint density at radius 1 is 0.953 bits per heavy atom. The molecule has 1 aliphatic heterocycles. The van der Waals surface area contributed by atoms with Crippen molar-refractivity contribution in [3.63, 3.8) is 0 Å². The highest BCUT2D eigenvalue weighted by atomic mass is 31.2. The summed E-state index contributed by atoms with van der Waals surface area (Å²) >= 11 is 0. The van der Waals surface area contributed by atoms with Gasteiger partial charge in [0, 0.05) is 26.3 Å². The third-order valence-electron chi connectivity index (χ3n) is 6.79. The molecule has 1 aliphatic rings. The molecular weight excluding hydrogens is 581 g/mol. The maximum Gasteiger partial charge on any atom is 0.524 e. The van der Waals surface area contributed by atoms with E-state index in [1.54, 1.807) is 12.1 Å². The molecule has 0 aliphatic carbocycles. The SMILES string of the molecule is CC(=O)N[C@@H](Cc1ccc(OP(=O)(O)O)cc1)C(=O)N[C@@H](C)C(=O)N1CCC[C@H]1C(=O)N[C@@H](Cc1ccccc1)C(N)=O. The highest BCUT2D eigenvalue weighted by molar-refractivity contribution is 7.46. The second kappa shape index (κ2) is 14.8. The zero-order valence-electron chi connectivity index (χ0n) is 23.8.